The van der Waals surface area contributed by atoms with Crippen LogP contribution in [-0.2, 0) is 6.54 Å². The van der Waals surface area contributed by atoms with E-state index in [2.05, 4.69) is 35.3 Å². The second-order valence-corrected chi connectivity index (χ2v) is 7.14. The molecule has 146 valence electrons. The van der Waals surface area contributed by atoms with Gasteiger partial charge in [-0.15, -0.1) is 0 Å². The van der Waals surface area contributed by atoms with Crippen molar-refractivity contribution in [2.24, 2.45) is 0 Å². The van der Waals surface area contributed by atoms with E-state index >= 15 is 0 Å². The molecule has 2 aliphatic rings. The van der Waals surface area contributed by atoms with Gasteiger partial charge < -0.3 is 19.7 Å². The summed E-state index contributed by atoms with van der Waals surface area (Å²) >= 11 is 0. The second-order valence-electron chi connectivity index (χ2n) is 7.14. The Balaban J connectivity index is 1.23. The summed E-state index contributed by atoms with van der Waals surface area (Å²) in [6, 6.07) is 14.2. The minimum absolute atomic E-state index is 0.0499. The van der Waals surface area contributed by atoms with Crippen molar-refractivity contribution < 1.29 is 14.3 Å². The van der Waals surface area contributed by atoms with E-state index in [0.29, 0.717) is 6.79 Å². The van der Waals surface area contributed by atoms with Crippen molar-refractivity contribution in [3.05, 3.63) is 65.4 Å². The van der Waals surface area contributed by atoms with Crippen LogP contribution < -0.4 is 14.8 Å². The summed E-state index contributed by atoms with van der Waals surface area (Å²) in [7, 11) is 0. The number of rotatable bonds is 4. The molecule has 28 heavy (non-hydrogen) atoms. The highest BCUT2D eigenvalue weighted by Crippen LogP contribution is 2.32. The van der Waals surface area contributed by atoms with E-state index < -0.39 is 0 Å². The molecule has 0 saturated carbocycles. The summed E-state index contributed by atoms with van der Waals surface area (Å²) in [6.45, 7) is 6.34. The van der Waals surface area contributed by atoms with E-state index in [0.717, 1.165) is 49.8 Å². The number of nitrogens with one attached hydrogen (secondary N) is 1. The molecule has 0 spiro atoms. The van der Waals surface area contributed by atoms with Crippen LogP contribution in [0.3, 0.4) is 0 Å². The molecule has 6 heteroatoms. The number of urea groups is 1. The van der Waals surface area contributed by atoms with Crippen molar-refractivity contribution in [2.75, 3.05) is 33.0 Å². The SMILES string of the molecule is Cc1ccc(/C=C/NC(=O)N2CCN(Cc3ccc4c(c3)OCO4)CC2)cc1. The lowest BCUT2D eigenvalue weighted by Gasteiger charge is -2.34. The fourth-order valence-electron chi connectivity index (χ4n) is 3.38. The molecule has 6 nitrogen and oxygen atoms in total. The Kier molecular flexibility index (Phi) is 5.48. The molecule has 1 fully saturated rings. The van der Waals surface area contributed by atoms with Gasteiger partial charge in [-0.1, -0.05) is 35.9 Å². The number of benzene rings is 2. The molecule has 0 aliphatic carbocycles. The second kappa shape index (κ2) is 8.35. The van der Waals surface area contributed by atoms with E-state index in [1.54, 1.807) is 6.20 Å². The van der Waals surface area contributed by atoms with Gasteiger partial charge in [-0.05, 0) is 36.3 Å². The molecule has 2 heterocycles. The minimum Gasteiger partial charge on any atom is -0.454 e. The van der Waals surface area contributed by atoms with Crippen molar-refractivity contribution in [3.63, 3.8) is 0 Å². The van der Waals surface area contributed by atoms with Crippen LogP contribution in [0, 0.1) is 6.92 Å². The van der Waals surface area contributed by atoms with Gasteiger partial charge in [0.2, 0.25) is 6.79 Å². The van der Waals surface area contributed by atoms with Crippen molar-refractivity contribution in [2.45, 2.75) is 13.5 Å². The number of piperazine rings is 1. The number of aryl methyl sites for hydroxylation is 1. The zero-order chi connectivity index (χ0) is 19.3. The number of fused-ring (bicyclic) bond motifs is 1. The van der Waals surface area contributed by atoms with Crippen molar-refractivity contribution >= 4 is 12.1 Å². The van der Waals surface area contributed by atoms with Crippen LogP contribution in [0.15, 0.2) is 48.7 Å². The third-order valence-electron chi connectivity index (χ3n) is 5.06. The molecule has 1 saturated heterocycles. The number of hydrogen-bond donors (Lipinski definition) is 1. The Morgan fingerprint density at radius 1 is 1.04 bits per heavy atom. The average molecular weight is 379 g/mol. The van der Waals surface area contributed by atoms with E-state index in [1.807, 2.05) is 35.2 Å². The molecule has 2 aliphatic heterocycles. The molecule has 2 aromatic carbocycles. The smallest absolute Gasteiger partial charge is 0.321 e. The summed E-state index contributed by atoms with van der Waals surface area (Å²) in [5.41, 5.74) is 3.49. The summed E-state index contributed by atoms with van der Waals surface area (Å²) in [5, 5.41) is 2.87. The first kappa shape index (κ1) is 18.4. The average Bonchev–Trinajstić information content (AvgIpc) is 3.18. The third-order valence-corrected chi connectivity index (χ3v) is 5.06. The Bertz CT molecular complexity index is 856. The van der Waals surface area contributed by atoms with Crippen LogP contribution >= 0.6 is 0 Å². The molecule has 2 amide bonds. The van der Waals surface area contributed by atoms with E-state index in [1.165, 1.54) is 11.1 Å². The van der Waals surface area contributed by atoms with Crippen LogP contribution in [0.5, 0.6) is 11.5 Å². The van der Waals surface area contributed by atoms with Gasteiger partial charge >= 0.3 is 6.03 Å². The van der Waals surface area contributed by atoms with Gasteiger partial charge in [0.05, 0.1) is 0 Å². The van der Waals surface area contributed by atoms with Gasteiger partial charge in [0.15, 0.2) is 11.5 Å². The summed E-state index contributed by atoms with van der Waals surface area (Å²) in [6.07, 6.45) is 3.62. The Labute approximate surface area is 165 Å². The molecular weight excluding hydrogens is 354 g/mol. The highest BCUT2D eigenvalue weighted by atomic mass is 16.7. The number of amides is 2. The zero-order valence-corrected chi connectivity index (χ0v) is 16.1. The Hall–Kier alpha value is -2.99. The van der Waals surface area contributed by atoms with Gasteiger partial charge in [0.25, 0.3) is 0 Å². The minimum atomic E-state index is -0.0499. The fraction of sp³-hybridized carbons (Fsp3) is 0.318. The van der Waals surface area contributed by atoms with Crippen molar-refractivity contribution in [1.82, 2.24) is 15.1 Å². The topological polar surface area (TPSA) is 54.0 Å². The normalized spacial score (nSPS) is 16.5. The highest BCUT2D eigenvalue weighted by Gasteiger charge is 2.21. The summed E-state index contributed by atoms with van der Waals surface area (Å²) in [5.74, 6) is 1.62. The maximum absolute atomic E-state index is 12.3. The predicted octanol–water partition coefficient (Wildman–Crippen LogP) is 3.22. The molecule has 0 bridgehead atoms. The monoisotopic (exact) mass is 379 g/mol. The molecule has 0 atom stereocenters. The van der Waals surface area contributed by atoms with Crippen LogP contribution in [-0.4, -0.2) is 48.8 Å². The summed E-state index contributed by atoms with van der Waals surface area (Å²) in [4.78, 5) is 16.6. The quantitative estimate of drug-likeness (QED) is 0.886. The lowest BCUT2D eigenvalue weighted by molar-refractivity contribution is 0.137. The molecular formula is C22H25N3O3. The van der Waals surface area contributed by atoms with Gasteiger partial charge in [0, 0.05) is 38.9 Å². The highest BCUT2D eigenvalue weighted by molar-refractivity contribution is 5.76. The number of hydrogen-bond acceptors (Lipinski definition) is 4. The number of ether oxygens (including phenoxy) is 2. The maximum atomic E-state index is 12.3. The fourth-order valence-corrected chi connectivity index (χ4v) is 3.38. The Morgan fingerprint density at radius 3 is 2.57 bits per heavy atom. The molecule has 2 aromatic rings. The lowest BCUT2D eigenvalue weighted by atomic mass is 10.1. The van der Waals surface area contributed by atoms with Gasteiger partial charge in [0.1, 0.15) is 0 Å². The first-order chi connectivity index (χ1) is 13.7. The molecule has 1 N–H and O–H groups in total. The van der Waals surface area contributed by atoms with Crippen LogP contribution in [0.1, 0.15) is 16.7 Å². The van der Waals surface area contributed by atoms with Crippen molar-refractivity contribution in [1.29, 1.82) is 0 Å². The third kappa shape index (κ3) is 4.46. The number of carbonyl (C=O) groups is 1. The lowest BCUT2D eigenvalue weighted by Crippen LogP contribution is -2.50. The number of carbonyl (C=O) groups excluding carboxylic acids is 1. The zero-order valence-electron chi connectivity index (χ0n) is 16.1. The van der Waals surface area contributed by atoms with E-state index in [9.17, 15) is 4.79 Å². The van der Waals surface area contributed by atoms with Gasteiger partial charge in [-0.3, -0.25) is 4.90 Å². The van der Waals surface area contributed by atoms with Gasteiger partial charge in [-0.25, -0.2) is 4.79 Å². The van der Waals surface area contributed by atoms with E-state index in [-0.39, 0.29) is 6.03 Å². The maximum Gasteiger partial charge on any atom is 0.321 e. The van der Waals surface area contributed by atoms with Crippen LogP contribution in [0.2, 0.25) is 0 Å². The first-order valence-corrected chi connectivity index (χ1v) is 9.57. The first-order valence-electron chi connectivity index (χ1n) is 9.57. The molecule has 0 unspecified atom stereocenters. The Morgan fingerprint density at radius 2 is 1.79 bits per heavy atom. The number of nitrogens with zero attached hydrogens (tertiary/aromatic N) is 2. The van der Waals surface area contributed by atoms with E-state index in [4.69, 9.17) is 9.47 Å². The van der Waals surface area contributed by atoms with Crippen LogP contribution in [0.4, 0.5) is 4.79 Å². The molecule has 4 rings (SSSR count). The van der Waals surface area contributed by atoms with Gasteiger partial charge in [-0.2, -0.15) is 0 Å². The van der Waals surface area contributed by atoms with Crippen molar-refractivity contribution in [3.8, 4) is 11.5 Å². The standard InChI is InChI=1S/C22H25N3O3/c1-17-2-4-18(5-3-17)8-9-23-22(26)25-12-10-24(11-13-25)15-19-6-7-20-21(14-19)28-16-27-20/h2-9,14H,10-13,15-16H2,1H3,(H,23,26)/b9-8+. The predicted molar refractivity (Wildman–Crippen MR) is 108 cm³/mol. The summed E-state index contributed by atoms with van der Waals surface area (Å²) < 4.78 is 10.8. The molecule has 0 aromatic heterocycles. The molecule has 0 radical (unpaired) electrons. The van der Waals surface area contributed by atoms with Crippen LogP contribution in [0.25, 0.3) is 6.08 Å². The largest absolute Gasteiger partial charge is 0.454 e.